The van der Waals surface area contributed by atoms with E-state index in [0.717, 1.165) is 0 Å². The molecule has 0 radical (unpaired) electrons. The summed E-state index contributed by atoms with van der Waals surface area (Å²) in [5, 5.41) is 0. The zero-order valence-corrected chi connectivity index (χ0v) is 15.1. The molecule has 0 spiro atoms. The van der Waals surface area contributed by atoms with Gasteiger partial charge in [-0.25, -0.2) is 9.59 Å². The molecule has 26 heavy (non-hydrogen) atoms. The minimum absolute atomic E-state index is 0.207. The van der Waals surface area contributed by atoms with Crippen molar-refractivity contribution in [2.45, 2.75) is 51.1 Å². The summed E-state index contributed by atoms with van der Waals surface area (Å²) in [7, 11) is 0. The molecule has 6 nitrogen and oxygen atoms in total. The van der Waals surface area contributed by atoms with Crippen LogP contribution in [0.2, 0.25) is 0 Å². The Labute approximate surface area is 152 Å². The molecule has 3 aliphatic heterocycles. The van der Waals surface area contributed by atoms with Crippen LogP contribution in [0.1, 0.15) is 27.2 Å². The van der Waals surface area contributed by atoms with Gasteiger partial charge in [0.25, 0.3) is 0 Å². The van der Waals surface area contributed by atoms with Gasteiger partial charge >= 0.3 is 11.9 Å². The van der Waals surface area contributed by atoms with Gasteiger partial charge in [0.05, 0.1) is 11.5 Å². The summed E-state index contributed by atoms with van der Waals surface area (Å²) in [6.45, 7) is 12.8. The van der Waals surface area contributed by atoms with Crippen molar-refractivity contribution in [1.82, 2.24) is 0 Å². The third-order valence-corrected chi connectivity index (χ3v) is 5.22. The van der Waals surface area contributed by atoms with Crippen LogP contribution in [-0.4, -0.2) is 41.6 Å². The lowest BCUT2D eigenvalue weighted by atomic mass is 9.82. The Balaban J connectivity index is 2.05. The number of hydrogen-bond donors (Lipinski definition) is 0. The van der Waals surface area contributed by atoms with E-state index in [2.05, 4.69) is 13.2 Å². The van der Waals surface area contributed by atoms with E-state index in [4.69, 9.17) is 14.2 Å². The van der Waals surface area contributed by atoms with Gasteiger partial charge in [-0.2, -0.15) is 0 Å². The van der Waals surface area contributed by atoms with E-state index in [-0.39, 0.29) is 23.4 Å². The molecule has 5 atom stereocenters. The number of carbonyl (C=O) groups excluding carboxylic acids is 3. The Morgan fingerprint density at radius 3 is 2.69 bits per heavy atom. The Morgan fingerprint density at radius 2 is 2.04 bits per heavy atom. The van der Waals surface area contributed by atoms with E-state index in [1.54, 1.807) is 32.9 Å². The predicted octanol–water partition coefficient (Wildman–Crippen LogP) is 2.20. The second-order valence-electron chi connectivity index (χ2n) is 7.11. The highest BCUT2D eigenvalue weighted by Crippen LogP contribution is 2.45. The van der Waals surface area contributed by atoms with E-state index >= 15 is 0 Å². The number of ketones is 1. The lowest BCUT2D eigenvalue weighted by Crippen LogP contribution is -2.40. The maximum atomic E-state index is 12.3. The number of hydrogen-bond acceptors (Lipinski definition) is 6. The fraction of sp³-hybridized carbons (Fsp3) is 0.450. The van der Waals surface area contributed by atoms with Gasteiger partial charge < -0.3 is 14.2 Å². The molecule has 0 aromatic heterocycles. The topological polar surface area (TPSA) is 78.9 Å². The van der Waals surface area contributed by atoms with Gasteiger partial charge in [-0.1, -0.05) is 19.2 Å². The van der Waals surface area contributed by atoms with Crippen molar-refractivity contribution >= 4 is 17.7 Å². The van der Waals surface area contributed by atoms with Crippen molar-refractivity contribution < 1.29 is 28.6 Å². The number of fused-ring (bicyclic) bond motifs is 4. The van der Waals surface area contributed by atoms with Crippen LogP contribution >= 0.6 is 0 Å². The molecule has 0 unspecified atom stereocenters. The summed E-state index contributed by atoms with van der Waals surface area (Å²) in [5.74, 6) is -1.92. The molecule has 2 fully saturated rings. The van der Waals surface area contributed by atoms with Gasteiger partial charge in [-0.15, -0.1) is 0 Å². The lowest BCUT2D eigenvalue weighted by molar-refractivity contribution is -0.148. The summed E-state index contributed by atoms with van der Waals surface area (Å²) in [6.07, 6.45) is 2.67. The van der Waals surface area contributed by atoms with Crippen LogP contribution in [0.5, 0.6) is 0 Å². The van der Waals surface area contributed by atoms with Crippen LogP contribution in [0.25, 0.3) is 0 Å². The smallest absolute Gasteiger partial charge is 0.334 e. The first-order valence-corrected chi connectivity index (χ1v) is 8.50. The Morgan fingerprint density at radius 1 is 1.35 bits per heavy atom. The van der Waals surface area contributed by atoms with Crippen LogP contribution in [0.3, 0.4) is 0 Å². The summed E-state index contributed by atoms with van der Waals surface area (Å²) in [5.41, 5.74) is 0.0155. The minimum atomic E-state index is -0.869. The molecule has 3 aliphatic rings. The average Bonchev–Trinajstić information content (AvgIpc) is 2.76. The molecule has 0 aromatic carbocycles. The maximum Gasteiger partial charge on any atom is 0.334 e. The summed E-state index contributed by atoms with van der Waals surface area (Å²) >= 11 is 0. The molecule has 0 N–H and O–H groups in total. The highest BCUT2D eigenvalue weighted by Gasteiger charge is 2.56. The van der Waals surface area contributed by atoms with Crippen molar-refractivity contribution in [2.24, 2.45) is 5.92 Å². The molecular weight excluding hydrogens is 336 g/mol. The van der Waals surface area contributed by atoms with Crippen LogP contribution in [0, 0.1) is 5.92 Å². The second-order valence-corrected chi connectivity index (χ2v) is 7.11. The van der Waals surface area contributed by atoms with Gasteiger partial charge in [-0.05, 0) is 32.9 Å². The van der Waals surface area contributed by atoms with Gasteiger partial charge in [0, 0.05) is 23.1 Å². The predicted molar refractivity (Wildman–Crippen MR) is 93.0 cm³/mol. The number of rotatable bonds is 2. The Kier molecular flexibility index (Phi) is 4.48. The van der Waals surface area contributed by atoms with Gasteiger partial charge in [-0.3, -0.25) is 4.79 Å². The van der Waals surface area contributed by atoms with Gasteiger partial charge in [0.15, 0.2) is 5.78 Å². The standard InChI is InChI=1S/C20H22O6/c1-6-10(2)18(22)24-14-9-20(5)8-7-13(21)11(3)16(26-20)17-15(14)12(4)19(23)25-17/h6-8,14-17H,3-4,9H2,1-2,5H3/b10-6-/t14-,15-,16+,17+,20-/m1/s1. The van der Waals surface area contributed by atoms with Gasteiger partial charge in [0.2, 0.25) is 0 Å². The summed E-state index contributed by atoms with van der Waals surface area (Å²) in [6, 6.07) is 0. The molecule has 0 aliphatic carbocycles. The summed E-state index contributed by atoms with van der Waals surface area (Å²) in [4.78, 5) is 36.7. The highest BCUT2D eigenvalue weighted by atomic mass is 16.6. The second kappa shape index (κ2) is 6.36. The fourth-order valence-corrected chi connectivity index (χ4v) is 3.56. The van der Waals surface area contributed by atoms with Crippen molar-refractivity contribution in [3.63, 3.8) is 0 Å². The molecule has 2 saturated heterocycles. The molecule has 6 heteroatoms. The van der Waals surface area contributed by atoms with E-state index in [1.807, 2.05) is 0 Å². The maximum absolute atomic E-state index is 12.3. The van der Waals surface area contributed by atoms with Crippen LogP contribution in [0.15, 0.2) is 48.1 Å². The molecular formula is C20H22O6. The minimum Gasteiger partial charge on any atom is -0.458 e. The molecule has 138 valence electrons. The number of allylic oxidation sites excluding steroid dienone is 2. The van der Waals surface area contributed by atoms with E-state index in [0.29, 0.717) is 5.57 Å². The van der Waals surface area contributed by atoms with E-state index in [9.17, 15) is 14.4 Å². The third-order valence-electron chi connectivity index (χ3n) is 5.22. The quantitative estimate of drug-likeness (QED) is 0.556. The van der Waals surface area contributed by atoms with Gasteiger partial charge in [0.1, 0.15) is 18.3 Å². The molecule has 0 aromatic rings. The first-order chi connectivity index (χ1) is 12.2. The first kappa shape index (κ1) is 18.3. The molecule has 0 amide bonds. The van der Waals surface area contributed by atoms with Crippen LogP contribution in [-0.2, 0) is 28.6 Å². The van der Waals surface area contributed by atoms with E-state index in [1.165, 1.54) is 6.08 Å². The molecule has 2 bridgehead atoms. The fourth-order valence-electron chi connectivity index (χ4n) is 3.56. The third kappa shape index (κ3) is 2.94. The van der Waals surface area contributed by atoms with Crippen LogP contribution < -0.4 is 0 Å². The Hall–Kier alpha value is -2.47. The molecule has 0 saturated carbocycles. The zero-order valence-electron chi connectivity index (χ0n) is 15.1. The molecule has 3 heterocycles. The monoisotopic (exact) mass is 358 g/mol. The Bertz CT molecular complexity index is 773. The van der Waals surface area contributed by atoms with Crippen molar-refractivity contribution in [1.29, 1.82) is 0 Å². The number of carbonyl (C=O) groups is 3. The zero-order chi connectivity index (χ0) is 19.2. The number of esters is 2. The first-order valence-electron chi connectivity index (χ1n) is 8.50. The van der Waals surface area contributed by atoms with Crippen LogP contribution in [0.4, 0.5) is 0 Å². The number of ether oxygens (including phenoxy) is 3. The largest absolute Gasteiger partial charge is 0.458 e. The SMILES string of the molecule is C=C1C(=O)O[C@H]2[C@H]1[C@H](OC(=O)/C(C)=C\C)C[C@@]1(C)C=CC(=O)C(=C)[C@@H]2O1. The van der Waals surface area contributed by atoms with Crippen molar-refractivity contribution in [2.75, 3.05) is 0 Å². The van der Waals surface area contributed by atoms with Crippen molar-refractivity contribution in [3.05, 3.63) is 48.1 Å². The van der Waals surface area contributed by atoms with E-state index < -0.39 is 41.8 Å². The van der Waals surface area contributed by atoms with Crippen molar-refractivity contribution in [3.8, 4) is 0 Å². The average molecular weight is 358 g/mol. The lowest BCUT2D eigenvalue weighted by Gasteiger charge is -2.29. The highest BCUT2D eigenvalue weighted by molar-refractivity contribution is 6.05. The molecule has 3 rings (SSSR count). The normalized spacial score (nSPS) is 37.0. The summed E-state index contributed by atoms with van der Waals surface area (Å²) < 4.78 is 17.3.